The van der Waals surface area contributed by atoms with E-state index in [0.717, 1.165) is 49.7 Å². The molecule has 33 heavy (non-hydrogen) atoms. The van der Waals surface area contributed by atoms with E-state index in [0.29, 0.717) is 33.7 Å². The third kappa shape index (κ3) is 3.29. The molecule has 4 aliphatic rings. The van der Waals surface area contributed by atoms with Gasteiger partial charge in [0.2, 0.25) is 11.7 Å². The lowest BCUT2D eigenvalue weighted by molar-refractivity contribution is -0.390. The molecule has 0 saturated heterocycles. The second-order valence-corrected chi connectivity index (χ2v) is 11.3. The van der Waals surface area contributed by atoms with E-state index >= 15 is 0 Å². The number of halogens is 1. The summed E-state index contributed by atoms with van der Waals surface area (Å²) in [6.07, 6.45) is 8.98. The van der Waals surface area contributed by atoms with Crippen LogP contribution in [0.15, 0.2) is 33.4 Å². The highest BCUT2D eigenvalue weighted by Gasteiger charge is 2.60. The number of nitro groups is 1. The molecule has 10 heteroatoms. The van der Waals surface area contributed by atoms with Gasteiger partial charge in [0.15, 0.2) is 0 Å². The SMILES string of the molecule is Cc1c(N)cccc1-c1noc(CC23CC4CC(C2)CC(n2cc(Br)c([N+](=O)[O-])n2)(C4)C3)n1. The highest BCUT2D eigenvalue weighted by atomic mass is 79.9. The second-order valence-electron chi connectivity index (χ2n) is 10.4. The molecule has 9 nitrogen and oxygen atoms in total. The van der Waals surface area contributed by atoms with Crippen LogP contribution in [0.2, 0.25) is 0 Å². The molecule has 2 N–H and O–H groups in total. The summed E-state index contributed by atoms with van der Waals surface area (Å²) in [5.41, 5.74) is 8.47. The Balaban J connectivity index is 1.32. The van der Waals surface area contributed by atoms with Gasteiger partial charge in [0, 0.05) is 17.7 Å². The zero-order valence-corrected chi connectivity index (χ0v) is 19.9. The lowest BCUT2D eigenvalue weighted by atomic mass is 9.46. The van der Waals surface area contributed by atoms with Crippen LogP contribution < -0.4 is 5.73 Å². The van der Waals surface area contributed by atoms with Crippen molar-refractivity contribution < 1.29 is 9.45 Å². The summed E-state index contributed by atoms with van der Waals surface area (Å²) in [6.45, 7) is 1.96. The monoisotopic (exact) mass is 512 g/mol. The van der Waals surface area contributed by atoms with Crippen LogP contribution in [0.25, 0.3) is 11.4 Å². The molecule has 2 heterocycles. The lowest BCUT2D eigenvalue weighted by Gasteiger charge is -2.61. The first-order chi connectivity index (χ1) is 15.8. The average Bonchev–Trinajstić information content (AvgIpc) is 3.35. The van der Waals surface area contributed by atoms with Gasteiger partial charge < -0.3 is 20.4 Å². The molecule has 0 aliphatic heterocycles. The van der Waals surface area contributed by atoms with Crippen LogP contribution in [-0.4, -0.2) is 24.8 Å². The van der Waals surface area contributed by atoms with Gasteiger partial charge in [-0.3, -0.25) is 0 Å². The maximum absolute atomic E-state index is 11.4. The zero-order valence-electron chi connectivity index (χ0n) is 18.3. The van der Waals surface area contributed by atoms with E-state index < -0.39 is 4.92 Å². The van der Waals surface area contributed by atoms with Crippen molar-refractivity contribution in [3.05, 3.63) is 50.4 Å². The molecule has 4 saturated carbocycles. The van der Waals surface area contributed by atoms with Crippen molar-refractivity contribution in [3.8, 4) is 11.4 Å². The minimum atomic E-state index is -0.421. The predicted molar refractivity (Wildman–Crippen MR) is 124 cm³/mol. The quantitative estimate of drug-likeness (QED) is 0.288. The van der Waals surface area contributed by atoms with Gasteiger partial charge in [0.1, 0.15) is 4.47 Å². The molecule has 0 spiro atoms. The summed E-state index contributed by atoms with van der Waals surface area (Å²) in [5.74, 6) is 2.29. The number of hydrogen-bond acceptors (Lipinski definition) is 7. The van der Waals surface area contributed by atoms with E-state index in [2.05, 4.69) is 26.2 Å². The second kappa shape index (κ2) is 7.12. The molecule has 1 aromatic carbocycles. The summed E-state index contributed by atoms with van der Waals surface area (Å²) in [6, 6.07) is 5.73. The highest BCUT2D eigenvalue weighted by Crippen LogP contribution is 2.65. The molecule has 2 atom stereocenters. The van der Waals surface area contributed by atoms with Gasteiger partial charge >= 0.3 is 5.82 Å². The Bertz CT molecular complexity index is 1250. The number of nitrogen functional groups attached to an aromatic ring is 1. The van der Waals surface area contributed by atoms with Gasteiger partial charge in [-0.15, -0.1) is 0 Å². The molecule has 172 valence electrons. The van der Waals surface area contributed by atoms with Crippen molar-refractivity contribution in [1.82, 2.24) is 19.9 Å². The fraction of sp³-hybridized carbons (Fsp3) is 0.522. The molecule has 3 aromatic rings. The Morgan fingerprint density at radius 1 is 1.30 bits per heavy atom. The fourth-order valence-corrected chi connectivity index (χ4v) is 7.66. The smallest absolute Gasteiger partial charge is 0.398 e. The van der Waals surface area contributed by atoms with Crippen molar-refractivity contribution >= 4 is 27.4 Å². The van der Waals surface area contributed by atoms with Crippen molar-refractivity contribution in [2.75, 3.05) is 5.73 Å². The molecular formula is C23H25BrN6O3. The Kier molecular flexibility index (Phi) is 4.50. The van der Waals surface area contributed by atoms with E-state index in [9.17, 15) is 10.1 Å². The van der Waals surface area contributed by atoms with Gasteiger partial charge in [-0.2, -0.15) is 9.67 Å². The van der Waals surface area contributed by atoms with E-state index in [-0.39, 0.29) is 16.8 Å². The Hall–Kier alpha value is -2.75. The molecule has 7 rings (SSSR count). The number of benzene rings is 1. The van der Waals surface area contributed by atoms with Crippen molar-refractivity contribution in [1.29, 1.82) is 0 Å². The fourth-order valence-electron chi connectivity index (χ4n) is 7.24. The van der Waals surface area contributed by atoms with Crippen molar-refractivity contribution in [2.24, 2.45) is 17.3 Å². The molecular weight excluding hydrogens is 488 g/mol. The number of nitrogens with two attached hydrogens (primary N) is 1. The first-order valence-corrected chi connectivity index (χ1v) is 12.1. The lowest BCUT2D eigenvalue weighted by Crippen LogP contribution is -2.57. The van der Waals surface area contributed by atoms with Crippen molar-refractivity contribution in [2.45, 2.75) is 57.4 Å². The van der Waals surface area contributed by atoms with Crippen LogP contribution in [0.3, 0.4) is 0 Å². The number of anilines is 1. The van der Waals surface area contributed by atoms with Crippen LogP contribution in [-0.2, 0) is 12.0 Å². The standard InChI is InChI=1S/C23H25BrN6O3/c1-13-16(3-2-4-18(13)25)20-26-19(33-28-20)10-22-6-14-5-15(7-22)9-23(8-14,12-22)29-11-17(24)21(27-29)30(31)32/h2-4,11,14-15H,5-10,12,25H2,1H3. The van der Waals surface area contributed by atoms with Gasteiger partial charge in [0.05, 0.1) is 16.8 Å². The Morgan fingerprint density at radius 2 is 2.06 bits per heavy atom. The van der Waals surface area contributed by atoms with Gasteiger partial charge in [-0.25, -0.2) is 0 Å². The summed E-state index contributed by atoms with van der Waals surface area (Å²) in [5, 5.41) is 20.1. The van der Waals surface area contributed by atoms with Crippen LogP contribution in [0, 0.1) is 34.3 Å². The zero-order chi connectivity index (χ0) is 23.0. The number of aromatic nitrogens is 4. The molecule has 0 radical (unpaired) electrons. The number of rotatable bonds is 5. The molecule has 0 amide bonds. The minimum Gasteiger partial charge on any atom is -0.398 e. The van der Waals surface area contributed by atoms with Crippen LogP contribution in [0.1, 0.15) is 50.0 Å². The first kappa shape index (κ1) is 20.8. The maximum atomic E-state index is 11.4. The number of nitrogens with zero attached hydrogens (tertiary/aromatic N) is 5. The Morgan fingerprint density at radius 3 is 2.76 bits per heavy atom. The van der Waals surface area contributed by atoms with E-state index in [1.807, 2.05) is 29.8 Å². The molecule has 4 bridgehead atoms. The normalized spacial score (nSPS) is 30.1. The number of hydrogen-bond donors (Lipinski definition) is 1. The van der Waals surface area contributed by atoms with Gasteiger partial charge in [0.25, 0.3) is 0 Å². The highest BCUT2D eigenvalue weighted by molar-refractivity contribution is 9.10. The van der Waals surface area contributed by atoms with Gasteiger partial charge in [-0.1, -0.05) is 17.3 Å². The first-order valence-electron chi connectivity index (χ1n) is 11.3. The van der Waals surface area contributed by atoms with Crippen molar-refractivity contribution in [3.63, 3.8) is 0 Å². The topological polar surface area (TPSA) is 126 Å². The predicted octanol–water partition coefficient (Wildman–Crippen LogP) is 5.03. The molecule has 4 fully saturated rings. The van der Waals surface area contributed by atoms with Crippen LogP contribution >= 0.6 is 15.9 Å². The third-order valence-electron chi connectivity index (χ3n) is 8.07. The molecule has 4 aliphatic carbocycles. The minimum absolute atomic E-state index is 0.0475. The average molecular weight is 513 g/mol. The largest absolute Gasteiger partial charge is 0.404 e. The summed E-state index contributed by atoms with van der Waals surface area (Å²) >= 11 is 3.33. The summed E-state index contributed by atoms with van der Waals surface area (Å²) in [7, 11) is 0. The Labute approximate surface area is 199 Å². The third-order valence-corrected chi connectivity index (χ3v) is 8.63. The van der Waals surface area contributed by atoms with Crippen LogP contribution in [0.4, 0.5) is 11.5 Å². The van der Waals surface area contributed by atoms with Gasteiger partial charge in [-0.05, 0) is 95.2 Å². The van der Waals surface area contributed by atoms with Crippen LogP contribution in [0.5, 0.6) is 0 Å². The summed E-state index contributed by atoms with van der Waals surface area (Å²) < 4.78 is 8.05. The van der Waals surface area contributed by atoms with E-state index in [1.165, 1.54) is 6.42 Å². The summed E-state index contributed by atoms with van der Waals surface area (Å²) in [4.78, 5) is 15.7. The maximum Gasteiger partial charge on any atom is 0.404 e. The molecule has 2 aromatic heterocycles. The van der Waals surface area contributed by atoms with E-state index in [4.69, 9.17) is 15.2 Å². The van der Waals surface area contributed by atoms with E-state index in [1.54, 1.807) is 6.20 Å². The molecule has 2 unspecified atom stereocenters.